The molecule has 4 rings (SSSR count). The number of hydrogen-bond acceptors (Lipinski definition) is 4. The maximum absolute atomic E-state index is 13.7. The predicted octanol–water partition coefficient (Wildman–Crippen LogP) is 4.64. The Morgan fingerprint density at radius 1 is 0.970 bits per heavy atom. The molecule has 0 N–H and O–H groups in total. The van der Waals surface area contributed by atoms with E-state index in [-0.39, 0.29) is 16.6 Å². The average Bonchev–Trinajstić information content (AvgIpc) is 3.39. The molecule has 0 aromatic heterocycles. The number of carbonyl (C=O) groups is 1. The van der Waals surface area contributed by atoms with Crippen LogP contribution in [0.1, 0.15) is 34.3 Å². The number of anilines is 1. The van der Waals surface area contributed by atoms with Gasteiger partial charge in [-0.3, -0.25) is 4.79 Å². The summed E-state index contributed by atoms with van der Waals surface area (Å²) in [5, 5.41) is 0. The number of rotatable bonds is 7. The Balaban J connectivity index is 1.75. The number of sulfonamides is 1. The van der Waals surface area contributed by atoms with E-state index in [2.05, 4.69) is 0 Å². The fourth-order valence-electron chi connectivity index (χ4n) is 4.01. The minimum atomic E-state index is -3.75. The topological polar surface area (TPSA) is 66.9 Å². The summed E-state index contributed by atoms with van der Waals surface area (Å²) >= 11 is 0. The van der Waals surface area contributed by atoms with Crippen molar-refractivity contribution >= 4 is 21.6 Å². The van der Waals surface area contributed by atoms with Crippen LogP contribution in [0.2, 0.25) is 0 Å². The minimum Gasteiger partial charge on any atom is -0.495 e. The van der Waals surface area contributed by atoms with E-state index >= 15 is 0 Å². The molecule has 6 nitrogen and oxygen atoms in total. The van der Waals surface area contributed by atoms with Crippen LogP contribution >= 0.6 is 0 Å². The lowest BCUT2D eigenvalue weighted by molar-refractivity contribution is 0.0985. The van der Waals surface area contributed by atoms with Gasteiger partial charge in [0.05, 0.1) is 13.7 Å². The molecule has 3 aromatic rings. The number of methoxy groups -OCH3 is 1. The Morgan fingerprint density at radius 3 is 2.27 bits per heavy atom. The zero-order chi connectivity index (χ0) is 23.4. The molecule has 0 spiro atoms. The van der Waals surface area contributed by atoms with Gasteiger partial charge in [0.15, 0.2) is 0 Å². The van der Waals surface area contributed by atoms with Gasteiger partial charge in [0.2, 0.25) is 10.0 Å². The van der Waals surface area contributed by atoms with E-state index in [1.54, 1.807) is 17.0 Å². The van der Waals surface area contributed by atoms with Crippen molar-refractivity contribution in [2.75, 3.05) is 25.1 Å². The van der Waals surface area contributed by atoms with E-state index in [4.69, 9.17) is 4.74 Å². The van der Waals surface area contributed by atoms with Crippen LogP contribution in [0.25, 0.3) is 0 Å². The van der Waals surface area contributed by atoms with Gasteiger partial charge >= 0.3 is 0 Å². The Morgan fingerprint density at radius 2 is 1.64 bits per heavy atom. The van der Waals surface area contributed by atoms with Crippen LogP contribution in [0.15, 0.2) is 77.7 Å². The molecule has 0 radical (unpaired) electrons. The SMILES string of the molecule is COc1ccc(C(=O)N(Cc2ccccc2)c2ccc(C)cc2)cc1S(=O)(=O)N1CCCC1. The summed E-state index contributed by atoms with van der Waals surface area (Å²) in [5.74, 6) is -0.0355. The smallest absolute Gasteiger partial charge is 0.258 e. The van der Waals surface area contributed by atoms with Gasteiger partial charge in [-0.2, -0.15) is 4.31 Å². The third-order valence-electron chi connectivity index (χ3n) is 5.87. The molecule has 1 aliphatic heterocycles. The molecule has 1 amide bonds. The molecule has 1 heterocycles. The summed E-state index contributed by atoms with van der Waals surface area (Å²) in [6, 6.07) is 22.1. The molecule has 0 bridgehead atoms. The molecule has 33 heavy (non-hydrogen) atoms. The van der Waals surface area contributed by atoms with Gasteiger partial charge in [0.1, 0.15) is 10.6 Å². The first kappa shape index (κ1) is 23.0. The van der Waals surface area contributed by atoms with Crippen molar-refractivity contribution < 1.29 is 17.9 Å². The van der Waals surface area contributed by atoms with E-state index in [9.17, 15) is 13.2 Å². The number of benzene rings is 3. The highest BCUT2D eigenvalue weighted by molar-refractivity contribution is 7.89. The highest BCUT2D eigenvalue weighted by Crippen LogP contribution is 2.31. The molecule has 1 saturated heterocycles. The second kappa shape index (κ2) is 9.77. The summed E-state index contributed by atoms with van der Waals surface area (Å²) in [4.78, 5) is 15.4. The van der Waals surface area contributed by atoms with Gasteiger partial charge in [-0.25, -0.2) is 8.42 Å². The van der Waals surface area contributed by atoms with Crippen LogP contribution in [0, 0.1) is 6.92 Å². The van der Waals surface area contributed by atoms with E-state index in [0.29, 0.717) is 25.2 Å². The number of nitrogens with zero attached hydrogens (tertiary/aromatic N) is 2. The van der Waals surface area contributed by atoms with Crippen LogP contribution in [-0.4, -0.2) is 38.8 Å². The molecule has 0 atom stereocenters. The first-order chi connectivity index (χ1) is 15.9. The van der Waals surface area contributed by atoms with E-state index in [0.717, 1.165) is 29.7 Å². The minimum absolute atomic E-state index is 0.0290. The largest absolute Gasteiger partial charge is 0.495 e. The Bertz CT molecular complexity index is 1220. The monoisotopic (exact) mass is 464 g/mol. The van der Waals surface area contributed by atoms with Crippen molar-refractivity contribution in [2.45, 2.75) is 31.2 Å². The first-order valence-electron chi connectivity index (χ1n) is 11.0. The molecule has 1 fully saturated rings. The normalized spacial score (nSPS) is 14.2. The summed E-state index contributed by atoms with van der Waals surface area (Å²) < 4.78 is 33.4. The van der Waals surface area contributed by atoms with Crippen molar-refractivity contribution in [1.82, 2.24) is 4.31 Å². The zero-order valence-corrected chi connectivity index (χ0v) is 19.7. The lowest BCUT2D eigenvalue weighted by Crippen LogP contribution is -2.31. The lowest BCUT2D eigenvalue weighted by Gasteiger charge is -2.24. The molecule has 0 saturated carbocycles. The van der Waals surface area contributed by atoms with Gasteiger partial charge in [0.25, 0.3) is 5.91 Å². The molecule has 0 unspecified atom stereocenters. The third kappa shape index (κ3) is 4.94. The molecule has 172 valence electrons. The number of hydrogen-bond donors (Lipinski definition) is 0. The highest BCUT2D eigenvalue weighted by Gasteiger charge is 2.31. The quantitative estimate of drug-likeness (QED) is 0.511. The fraction of sp³-hybridized carbons (Fsp3) is 0.269. The Hall–Kier alpha value is -3.16. The van der Waals surface area contributed by atoms with Crippen LogP contribution in [0.3, 0.4) is 0 Å². The van der Waals surface area contributed by atoms with Crippen LogP contribution in [0.4, 0.5) is 5.69 Å². The third-order valence-corrected chi connectivity index (χ3v) is 7.79. The number of carbonyl (C=O) groups excluding carboxylic acids is 1. The zero-order valence-electron chi connectivity index (χ0n) is 18.9. The summed E-state index contributed by atoms with van der Waals surface area (Å²) in [6.07, 6.45) is 1.66. The Labute approximate surface area is 195 Å². The molecule has 1 aliphatic rings. The molecular formula is C26H28N2O4S. The van der Waals surface area contributed by atoms with Gasteiger partial charge in [-0.1, -0.05) is 48.0 Å². The first-order valence-corrected chi connectivity index (χ1v) is 12.4. The summed E-state index contributed by atoms with van der Waals surface area (Å²) in [6.45, 7) is 3.31. The Kier molecular flexibility index (Phi) is 6.81. The summed E-state index contributed by atoms with van der Waals surface area (Å²) in [5.41, 5.74) is 3.11. The van der Waals surface area contributed by atoms with Gasteiger partial charge in [0, 0.05) is 24.3 Å². The van der Waals surface area contributed by atoms with E-state index in [1.165, 1.54) is 17.5 Å². The van der Waals surface area contributed by atoms with Gasteiger partial charge < -0.3 is 9.64 Å². The molecular weight excluding hydrogens is 436 g/mol. The second-order valence-corrected chi connectivity index (χ2v) is 10.1. The molecule has 7 heteroatoms. The molecule has 3 aromatic carbocycles. The van der Waals surface area contributed by atoms with Crippen molar-refractivity contribution in [3.8, 4) is 5.75 Å². The number of amides is 1. The molecule has 0 aliphatic carbocycles. The van der Waals surface area contributed by atoms with Crippen molar-refractivity contribution in [3.05, 3.63) is 89.5 Å². The maximum atomic E-state index is 13.7. The predicted molar refractivity (Wildman–Crippen MR) is 129 cm³/mol. The van der Waals surface area contributed by atoms with E-state index < -0.39 is 10.0 Å². The second-order valence-electron chi connectivity index (χ2n) is 8.19. The van der Waals surface area contributed by atoms with Crippen molar-refractivity contribution in [2.24, 2.45) is 0 Å². The van der Waals surface area contributed by atoms with Crippen molar-refractivity contribution in [3.63, 3.8) is 0 Å². The van der Waals surface area contributed by atoms with Crippen LogP contribution in [0.5, 0.6) is 5.75 Å². The van der Waals surface area contributed by atoms with Gasteiger partial charge in [-0.05, 0) is 55.7 Å². The standard InChI is InChI=1S/C26H28N2O4S/c1-20-10-13-23(14-11-20)28(19-21-8-4-3-5-9-21)26(29)22-12-15-24(32-2)25(18-22)33(30,31)27-16-6-7-17-27/h3-5,8-15,18H,6-7,16-17,19H2,1-2H3. The average molecular weight is 465 g/mol. The van der Waals surface area contributed by atoms with E-state index in [1.807, 2.05) is 61.5 Å². The highest BCUT2D eigenvalue weighted by atomic mass is 32.2. The van der Waals surface area contributed by atoms with Gasteiger partial charge in [-0.15, -0.1) is 0 Å². The maximum Gasteiger partial charge on any atom is 0.258 e. The van der Waals surface area contributed by atoms with Crippen LogP contribution < -0.4 is 9.64 Å². The fourth-order valence-corrected chi connectivity index (χ4v) is 5.70. The van der Waals surface area contributed by atoms with Crippen molar-refractivity contribution in [1.29, 1.82) is 0 Å². The lowest BCUT2D eigenvalue weighted by atomic mass is 10.1. The summed E-state index contributed by atoms with van der Waals surface area (Å²) in [7, 11) is -2.32. The number of aryl methyl sites for hydroxylation is 1. The van der Waals surface area contributed by atoms with Crippen LogP contribution in [-0.2, 0) is 16.6 Å². The number of ether oxygens (including phenoxy) is 1.